The molecule has 9 N–H and O–H groups in total. The summed E-state index contributed by atoms with van der Waals surface area (Å²) in [7, 11) is 0. The highest BCUT2D eigenvalue weighted by Crippen LogP contribution is 2.16. The van der Waals surface area contributed by atoms with Crippen molar-refractivity contribution in [1.29, 1.82) is 0 Å². The van der Waals surface area contributed by atoms with Gasteiger partial charge in [-0.2, -0.15) is 0 Å². The molecule has 0 heterocycles. The van der Waals surface area contributed by atoms with Gasteiger partial charge in [0.05, 0.1) is 6.42 Å². The van der Waals surface area contributed by atoms with Gasteiger partial charge in [0.15, 0.2) is 0 Å². The first-order chi connectivity index (χ1) is 22.6. The zero-order chi connectivity index (χ0) is 34.9. The fourth-order valence-corrected chi connectivity index (χ4v) is 4.06. The molecule has 10 heteroatoms. The molecule has 252 valence electrons. The number of benzene rings is 4. The van der Waals surface area contributed by atoms with Crippen LogP contribution < -0.4 is 22.5 Å². The molecule has 0 bridgehead atoms. The van der Waals surface area contributed by atoms with E-state index in [-0.39, 0.29) is 12.3 Å². The van der Waals surface area contributed by atoms with Gasteiger partial charge in [0, 0.05) is 17.7 Å². The fraction of sp³-hybridized carbons (Fsp3) is 0.297. The number of carboxylic acids is 2. The highest BCUT2D eigenvalue weighted by atomic mass is 16.4. The van der Waals surface area contributed by atoms with E-state index in [1.54, 1.807) is 24.3 Å². The number of nitrogens with one attached hydrogen (secondary N) is 1. The van der Waals surface area contributed by atoms with Crippen LogP contribution in [0.4, 0.5) is 5.69 Å². The molecule has 0 aliphatic rings. The number of unbranched alkanes of at least 4 members (excludes halogenated alkanes) is 1. The molecule has 0 fully saturated rings. The summed E-state index contributed by atoms with van der Waals surface area (Å²) in [6.07, 6.45) is 5.37. The lowest BCUT2D eigenvalue weighted by atomic mass is 10.1. The third-order valence-corrected chi connectivity index (χ3v) is 6.54. The first kappa shape index (κ1) is 40.1. The Morgan fingerprint density at radius 2 is 1.43 bits per heavy atom. The predicted octanol–water partition coefficient (Wildman–Crippen LogP) is 5.42. The molecule has 0 aliphatic carbocycles. The minimum absolute atomic E-state index is 0.00588. The van der Waals surface area contributed by atoms with Crippen LogP contribution in [0.2, 0.25) is 0 Å². The number of anilines is 1. The standard InChI is InChI=1S/C12H10O2.C11H13NO2.C8H11N.C6H14N2O2/c13-12(14)8-9-5-6-10-3-1-2-4-11(10)7-9;1-2-3-11(14)12-10-6-4-9(8-13)5-7-10;9-7-6-8-4-2-1-3-5-8;7-4-2-1-3-5(8)6(9)10/h1-7H,8H2,(H,13,14);4-8H,2-3H2,1H3,(H,12,14);1-5H,6-7,9H2;5H,1-4,7-8H2,(H,9,10). The van der Waals surface area contributed by atoms with Crippen LogP contribution in [0.15, 0.2) is 97.1 Å². The summed E-state index contributed by atoms with van der Waals surface area (Å²) >= 11 is 0. The second kappa shape index (κ2) is 24.3. The van der Waals surface area contributed by atoms with E-state index in [0.29, 0.717) is 24.9 Å². The number of rotatable bonds is 13. The van der Waals surface area contributed by atoms with Crippen LogP contribution in [0.1, 0.15) is 60.5 Å². The number of carbonyl (C=O) groups is 4. The third kappa shape index (κ3) is 18.6. The number of aliphatic carboxylic acids is 2. The molecule has 1 unspecified atom stereocenters. The molecule has 4 rings (SSSR count). The van der Waals surface area contributed by atoms with Gasteiger partial charge >= 0.3 is 11.9 Å². The van der Waals surface area contributed by atoms with Gasteiger partial charge in [-0.25, -0.2) is 0 Å². The van der Waals surface area contributed by atoms with Gasteiger partial charge in [0.2, 0.25) is 5.91 Å². The minimum atomic E-state index is -0.933. The molecule has 47 heavy (non-hydrogen) atoms. The van der Waals surface area contributed by atoms with Crippen LogP contribution in [0, 0.1) is 0 Å². The van der Waals surface area contributed by atoms with E-state index in [9.17, 15) is 19.2 Å². The summed E-state index contributed by atoms with van der Waals surface area (Å²) in [6, 6.07) is 30.0. The van der Waals surface area contributed by atoms with Crippen LogP contribution in [-0.2, 0) is 27.2 Å². The Kier molecular flexibility index (Phi) is 20.8. The summed E-state index contributed by atoms with van der Waals surface area (Å²) < 4.78 is 0. The van der Waals surface area contributed by atoms with Gasteiger partial charge in [-0.3, -0.25) is 19.2 Å². The number of hydrogen-bond donors (Lipinski definition) is 6. The average Bonchev–Trinajstić information content (AvgIpc) is 3.06. The number of aldehydes is 1. The van der Waals surface area contributed by atoms with E-state index in [1.165, 1.54) is 5.56 Å². The molecule has 0 aliphatic heterocycles. The van der Waals surface area contributed by atoms with E-state index in [2.05, 4.69) is 17.4 Å². The number of hydrogen-bond acceptors (Lipinski definition) is 7. The van der Waals surface area contributed by atoms with Crippen molar-refractivity contribution in [3.8, 4) is 0 Å². The molecule has 0 saturated carbocycles. The summed E-state index contributed by atoms with van der Waals surface area (Å²) in [6.45, 7) is 3.30. The smallest absolute Gasteiger partial charge is 0.320 e. The summed E-state index contributed by atoms with van der Waals surface area (Å²) in [5, 5.41) is 21.9. The molecule has 0 saturated heterocycles. The summed E-state index contributed by atoms with van der Waals surface area (Å²) in [5.41, 5.74) is 19.3. The average molecular weight is 645 g/mol. The molecule has 0 spiro atoms. The molecule has 10 nitrogen and oxygen atoms in total. The lowest BCUT2D eigenvalue weighted by Crippen LogP contribution is -2.29. The van der Waals surface area contributed by atoms with Gasteiger partial charge in [0.25, 0.3) is 0 Å². The summed E-state index contributed by atoms with van der Waals surface area (Å²) in [5.74, 6) is -1.72. The Labute approximate surface area is 277 Å². The molecule has 4 aromatic rings. The monoisotopic (exact) mass is 644 g/mol. The van der Waals surface area contributed by atoms with Crippen LogP contribution in [0.5, 0.6) is 0 Å². The molecular weight excluding hydrogens is 596 g/mol. The maximum atomic E-state index is 11.2. The van der Waals surface area contributed by atoms with Crippen molar-refractivity contribution in [3.05, 3.63) is 114 Å². The Morgan fingerprint density at radius 3 is 1.98 bits per heavy atom. The SMILES string of the molecule is CCCC(=O)Nc1ccc(C=O)cc1.NCCCCC(N)C(=O)O.NCCc1ccccc1.O=C(O)Cc1ccc2ccccc2c1. The van der Waals surface area contributed by atoms with E-state index >= 15 is 0 Å². The predicted molar refractivity (Wildman–Crippen MR) is 188 cm³/mol. The van der Waals surface area contributed by atoms with Crippen LogP contribution in [0.25, 0.3) is 10.8 Å². The van der Waals surface area contributed by atoms with Crippen molar-refractivity contribution in [3.63, 3.8) is 0 Å². The number of amides is 1. The zero-order valence-electron chi connectivity index (χ0n) is 27.0. The highest BCUT2D eigenvalue weighted by Gasteiger charge is 2.09. The molecule has 1 amide bonds. The second-order valence-corrected chi connectivity index (χ2v) is 10.5. The Bertz CT molecular complexity index is 1480. The fourth-order valence-electron chi connectivity index (χ4n) is 4.06. The molecule has 1 atom stereocenters. The van der Waals surface area contributed by atoms with Gasteiger partial charge < -0.3 is 32.7 Å². The van der Waals surface area contributed by atoms with Crippen LogP contribution >= 0.6 is 0 Å². The van der Waals surface area contributed by atoms with Crippen molar-refractivity contribution < 1.29 is 29.4 Å². The number of carbonyl (C=O) groups excluding carboxylic acids is 2. The molecular formula is C37H48N4O6. The Balaban J connectivity index is 0.000000319. The quantitative estimate of drug-likeness (QED) is 0.0812. The number of nitrogens with two attached hydrogens (primary N) is 3. The number of carboxylic acid groups (broad SMARTS) is 2. The van der Waals surface area contributed by atoms with Gasteiger partial charge in [0.1, 0.15) is 12.3 Å². The molecule has 0 radical (unpaired) electrons. The molecule has 0 aromatic heterocycles. The van der Waals surface area contributed by atoms with Crippen LogP contribution in [-0.4, -0.2) is 53.5 Å². The molecule has 4 aromatic carbocycles. The van der Waals surface area contributed by atoms with Crippen LogP contribution in [0.3, 0.4) is 0 Å². The third-order valence-electron chi connectivity index (χ3n) is 6.54. The Morgan fingerprint density at radius 1 is 0.787 bits per heavy atom. The van der Waals surface area contributed by atoms with Gasteiger partial charge in [-0.05, 0) is 84.9 Å². The highest BCUT2D eigenvalue weighted by molar-refractivity contribution is 5.91. The van der Waals surface area contributed by atoms with E-state index in [0.717, 1.165) is 60.5 Å². The maximum Gasteiger partial charge on any atom is 0.320 e. The van der Waals surface area contributed by atoms with E-state index in [4.69, 9.17) is 27.4 Å². The minimum Gasteiger partial charge on any atom is -0.481 e. The maximum absolute atomic E-state index is 11.2. The zero-order valence-corrected chi connectivity index (χ0v) is 27.0. The Hall–Kier alpha value is -4.90. The summed E-state index contributed by atoms with van der Waals surface area (Å²) in [4.78, 5) is 42.2. The van der Waals surface area contributed by atoms with Gasteiger partial charge in [-0.15, -0.1) is 0 Å². The normalized spacial score (nSPS) is 10.5. The lowest BCUT2D eigenvalue weighted by Gasteiger charge is -2.03. The first-order valence-corrected chi connectivity index (χ1v) is 15.6. The van der Waals surface area contributed by atoms with E-state index < -0.39 is 18.0 Å². The van der Waals surface area contributed by atoms with Crippen molar-refractivity contribution in [2.75, 3.05) is 18.4 Å². The van der Waals surface area contributed by atoms with Crippen molar-refractivity contribution >= 4 is 40.6 Å². The lowest BCUT2D eigenvalue weighted by molar-refractivity contribution is -0.139. The number of fused-ring (bicyclic) bond motifs is 1. The van der Waals surface area contributed by atoms with Crippen molar-refractivity contribution in [1.82, 2.24) is 0 Å². The van der Waals surface area contributed by atoms with Crippen molar-refractivity contribution in [2.24, 2.45) is 17.2 Å². The second-order valence-electron chi connectivity index (χ2n) is 10.5. The first-order valence-electron chi connectivity index (χ1n) is 15.6. The largest absolute Gasteiger partial charge is 0.481 e. The van der Waals surface area contributed by atoms with Gasteiger partial charge in [-0.1, -0.05) is 86.1 Å². The van der Waals surface area contributed by atoms with Crippen molar-refractivity contribution in [2.45, 2.75) is 57.9 Å². The van der Waals surface area contributed by atoms with E-state index in [1.807, 2.05) is 67.6 Å². The topological polar surface area (TPSA) is 199 Å².